The van der Waals surface area contributed by atoms with Gasteiger partial charge in [-0.15, -0.1) is 11.3 Å². The monoisotopic (exact) mass is 637 g/mol. The van der Waals surface area contributed by atoms with E-state index < -0.39 is 10.0 Å². The Hall–Kier alpha value is -4.38. The van der Waals surface area contributed by atoms with Crippen LogP contribution in [0.2, 0.25) is 0 Å². The summed E-state index contributed by atoms with van der Waals surface area (Å²) in [7, 11) is -2.59. The van der Waals surface area contributed by atoms with E-state index in [1.54, 1.807) is 36.8 Å². The number of amides is 1. The summed E-state index contributed by atoms with van der Waals surface area (Å²) in [5.74, 6) is 0.193. The number of aryl methyl sites for hydroxylation is 1. The van der Waals surface area contributed by atoms with Gasteiger partial charge in [-0.2, -0.15) is 13.5 Å². The Balaban J connectivity index is 1.25. The minimum atomic E-state index is -3.99. The number of H-pyrrole nitrogens is 2. The van der Waals surface area contributed by atoms with E-state index in [0.29, 0.717) is 45.8 Å². The number of fused-ring (bicyclic) bond motifs is 1. The van der Waals surface area contributed by atoms with Crippen LogP contribution in [0.1, 0.15) is 35.2 Å². The van der Waals surface area contributed by atoms with Crippen molar-refractivity contribution in [3.05, 3.63) is 58.7 Å². The van der Waals surface area contributed by atoms with E-state index in [9.17, 15) is 13.2 Å². The molecular weight excluding hydrogens is 607 g/mol. The van der Waals surface area contributed by atoms with Gasteiger partial charge in [-0.3, -0.25) is 19.5 Å². The average molecular weight is 638 g/mol. The molecule has 5 aromatic rings. The van der Waals surface area contributed by atoms with Crippen LogP contribution in [-0.4, -0.2) is 81.8 Å². The smallest absolute Gasteiger partial charge is 0.279 e. The third-order valence-corrected chi connectivity index (χ3v) is 9.15. The number of nitrogens with zero attached hydrogens (tertiary/aromatic N) is 5. The highest BCUT2D eigenvalue weighted by atomic mass is 32.2. The molecule has 0 saturated carbocycles. The summed E-state index contributed by atoms with van der Waals surface area (Å²) in [4.78, 5) is 31.2. The number of carbonyl (C=O) groups is 1. The van der Waals surface area contributed by atoms with Gasteiger partial charge in [-0.25, -0.2) is 15.0 Å². The summed E-state index contributed by atoms with van der Waals surface area (Å²) < 4.78 is 39.6. The van der Waals surface area contributed by atoms with E-state index in [4.69, 9.17) is 9.47 Å². The zero-order valence-corrected chi connectivity index (χ0v) is 26.0. The lowest BCUT2D eigenvalue weighted by atomic mass is 10.0. The Bertz CT molecular complexity index is 1920. The summed E-state index contributed by atoms with van der Waals surface area (Å²) in [5.41, 5.74) is 2.84. The molecule has 0 spiro atoms. The molecule has 1 amide bonds. The lowest BCUT2D eigenvalue weighted by molar-refractivity contribution is -0.0705. The Morgan fingerprint density at radius 3 is 2.61 bits per heavy atom. The van der Waals surface area contributed by atoms with Crippen LogP contribution < -0.4 is 14.8 Å². The lowest BCUT2D eigenvalue weighted by Crippen LogP contribution is -2.44. The minimum Gasteiger partial charge on any atom is -0.480 e. The van der Waals surface area contributed by atoms with Crippen molar-refractivity contribution in [3.8, 4) is 17.0 Å². The van der Waals surface area contributed by atoms with E-state index in [-0.39, 0.29) is 34.7 Å². The highest BCUT2D eigenvalue weighted by molar-refractivity contribution is 7.92. The number of aromatic nitrogens is 6. The number of ether oxygens (including phenoxy) is 2. The van der Waals surface area contributed by atoms with Gasteiger partial charge in [-0.05, 0) is 44.5 Å². The highest BCUT2D eigenvalue weighted by Crippen LogP contribution is 2.34. The Morgan fingerprint density at radius 2 is 1.89 bits per heavy atom. The zero-order valence-electron chi connectivity index (χ0n) is 24.4. The molecule has 2 atom stereocenters. The summed E-state index contributed by atoms with van der Waals surface area (Å²) in [6, 6.07) is 5.22. The van der Waals surface area contributed by atoms with Gasteiger partial charge in [-0.1, -0.05) is 0 Å². The number of anilines is 2. The van der Waals surface area contributed by atoms with Crippen LogP contribution in [0.5, 0.6) is 5.88 Å². The van der Waals surface area contributed by atoms with Gasteiger partial charge in [0.1, 0.15) is 22.2 Å². The average Bonchev–Trinajstić information content (AvgIpc) is 3.74. The van der Waals surface area contributed by atoms with Gasteiger partial charge in [0.2, 0.25) is 5.88 Å². The minimum absolute atomic E-state index is 0.0880. The predicted octanol–water partition coefficient (Wildman–Crippen LogP) is 3.78. The number of benzene rings is 1. The Labute approximate surface area is 257 Å². The van der Waals surface area contributed by atoms with Gasteiger partial charge in [0.25, 0.3) is 15.9 Å². The zero-order chi connectivity index (χ0) is 31.0. The van der Waals surface area contributed by atoms with Gasteiger partial charge in [0, 0.05) is 35.6 Å². The van der Waals surface area contributed by atoms with E-state index >= 15 is 0 Å². The van der Waals surface area contributed by atoms with Crippen molar-refractivity contribution in [1.29, 1.82) is 0 Å². The first-order valence-electron chi connectivity index (χ1n) is 13.8. The number of sulfonamides is 1. The molecule has 1 aromatic carbocycles. The normalized spacial score (nSPS) is 17.5. The van der Waals surface area contributed by atoms with E-state index in [1.165, 1.54) is 24.6 Å². The summed E-state index contributed by atoms with van der Waals surface area (Å²) in [5, 5.41) is 13.3. The maximum atomic E-state index is 13.3. The van der Waals surface area contributed by atoms with E-state index in [2.05, 4.69) is 58.9 Å². The molecule has 4 N–H and O–H groups in total. The van der Waals surface area contributed by atoms with Crippen LogP contribution in [0.3, 0.4) is 0 Å². The van der Waals surface area contributed by atoms with Crippen molar-refractivity contribution in [2.75, 3.05) is 30.2 Å². The highest BCUT2D eigenvalue weighted by Gasteiger charge is 2.24. The fraction of sp³-hybridized carbons (Fsp3) is 0.321. The fourth-order valence-corrected chi connectivity index (χ4v) is 7.02. The molecule has 1 aliphatic heterocycles. The number of pyridine rings is 1. The number of morpholine rings is 1. The van der Waals surface area contributed by atoms with E-state index in [0.717, 1.165) is 18.1 Å². The standard InChI is InChI=1S/C28H31N9O5S2/c1-15-11-37(12-16(2)42-15)13-25-33-24(14-43-25)27(38)34-21-5-18(6-22-20(21)9-31-35-22)19-7-23(28(41-4)30-8-19)36-44(39,40)26-10-29-17(3)32-26/h5-10,14-16,36H,11-13H2,1-4H3,(H,29,32)(H,31,35)(H,34,38)/t15-,16+. The fourth-order valence-electron chi connectivity index (χ4n) is 5.18. The van der Waals surface area contributed by atoms with Crippen LogP contribution in [0.4, 0.5) is 11.4 Å². The maximum Gasteiger partial charge on any atom is 0.279 e. The van der Waals surface area contributed by atoms with Crippen LogP contribution in [0.15, 0.2) is 47.2 Å². The van der Waals surface area contributed by atoms with Crippen LogP contribution in [0.25, 0.3) is 22.0 Å². The quantitative estimate of drug-likeness (QED) is 0.186. The Morgan fingerprint density at radius 1 is 1.11 bits per heavy atom. The molecule has 0 unspecified atom stereocenters. The summed E-state index contributed by atoms with van der Waals surface area (Å²) >= 11 is 1.44. The molecule has 4 aromatic heterocycles. The second-order valence-electron chi connectivity index (χ2n) is 10.6. The number of aromatic amines is 2. The molecular formula is C28H31N9O5S2. The second kappa shape index (κ2) is 12.0. The summed E-state index contributed by atoms with van der Waals surface area (Å²) in [6.45, 7) is 8.03. The van der Waals surface area contributed by atoms with Crippen LogP contribution in [0, 0.1) is 6.92 Å². The molecule has 1 fully saturated rings. The number of nitrogens with one attached hydrogen (secondary N) is 4. The molecule has 0 aliphatic carbocycles. The third-order valence-electron chi connectivity index (χ3n) is 7.04. The SMILES string of the molecule is COc1ncc(-c2cc(NC(=O)c3csc(CN4C[C@@H](C)O[C@@H](C)C4)n3)c3cn[nH]c3c2)cc1NS(=O)(=O)c1cnc(C)[nH]1. The van der Waals surface area contributed by atoms with Crippen molar-refractivity contribution in [2.24, 2.45) is 0 Å². The largest absolute Gasteiger partial charge is 0.480 e. The van der Waals surface area contributed by atoms with Gasteiger partial charge in [0.05, 0.1) is 49.5 Å². The molecule has 44 heavy (non-hydrogen) atoms. The molecule has 14 nitrogen and oxygen atoms in total. The third kappa shape index (κ3) is 6.28. The van der Waals surface area contributed by atoms with Crippen LogP contribution >= 0.6 is 11.3 Å². The topological polar surface area (TPSA) is 180 Å². The number of carbonyl (C=O) groups excluding carboxylic acids is 1. The molecule has 0 bridgehead atoms. The first-order valence-corrected chi connectivity index (χ1v) is 16.1. The molecule has 6 rings (SSSR count). The van der Waals surface area contributed by atoms with E-state index in [1.807, 2.05) is 6.07 Å². The number of thiazole rings is 1. The van der Waals surface area contributed by atoms with Gasteiger partial charge in [0.15, 0.2) is 5.03 Å². The second-order valence-corrected chi connectivity index (χ2v) is 13.2. The predicted molar refractivity (Wildman–Crippen MR) is 165 cm³/mol. The molecule has 16 heteroatoms. The molecule has 5 heterocycles. The first kappa shape index (κ1) is 29.7. The van der Waals surface area contributed by atoms with Crippen molar-refractivity contribution in [3.63, 3.8) is 0 Å². The molecule has 1 saturated heterocycles. The van der Waals surface area contributed by atoms with Crippen molar-refractivity contribution in [1.82, 2.24) is 35.0 Å². The van der Waals surface area contributed by atoms with Crippen LogP contribution in [-0.2, 0) is 21.3 Å². The number of methoxy groups -OCH3 is 1. The number of imidazole rings is 1. The number of hydrogen-bond acceptors (Lipinski definition) is 11. The Kier molecular flexibility index (Phi) is 8.06. The van der Waals surface area contributed by atoms with Crippen molar-refractivity contribution in [2.45, 2.75) is 44.5 Å². The lowest BCUT2D eigenvalue weighted by Gasteiger charge is -2.34. The molecule has 0 radical (unpaired) electrons. The first-order chi connectivity index (χ1) is 21.1. The maximum absolute atomic E-state index is 13.3. The molecule has 230 valence electrons. The van der Waals surface area contributed by atoms with Crippen molar-refractivity contribution >= 4 is 49.5 Å². The van der Waals surface area contributed by atoms with Crippen molar-refractivity contribution < 1.29 is 22.7 Å². The number of rotatable bonds is 9. The number of hydrogen-bond donors (Lipinski definition) is 4. The summed E-state index contributed by atoms with van der Waals surface area (Å²) in [6.07, 6.45) is 4.70. The van der Waals surface area contributed by atoms with Gasteiger partial charge >= 0.3 is 0 Å². The molecule has 1 aliphatic rings. The van der Waals surface area contributed by atoms with Gasteiger partial charge < -0.3 is 19.8 Å².